The van der Waals surface area contributed by atoms with Crippen molar-refractivity contribution in [2.45, 2.75) is 24.7 Å². The number of Topliss-reactive ketones (excluding diaryl/α,β-unsaturated/α-hetero) is 1. The maximum Gasteiger partial charge on any atom is 0.310 e. The Hall–Kier alpha value is -1.05. The Morgan fingerprint density at radius 2 is 2.21 bits per heavy atom. The molecule has 1 atom stereocenters. The quantitative estimate of drug-likeness (QED) is 0.585. The van der Waals surface area contributed by atoms with E-state index in [0.29, 0.717) is 5.56 Å². The molecule has 19 heavy (non-hydrogen) atoms. The first kappa shape index (κ1) is 14.4. The van der Waals surface area contributed by atoms with Crippen LogP contribution in [0.2, 0.25) is 0 Å². The van der Waals surface area contributed by atoms with Gasteiger partial charge in [0.15, 0.2) is 0 Å². The molecular weight excluding hydrogens is 369 g/mol. The summed E-state index contributed by atoms with van der Waals surface area (Å²) in [7, 11) is 1.21. The lowest BCUT2D eigenvalue weighted by Gasteiger charge is -2.29. The van der Waals surface area contributed by atoms with Crippen LogP contribution in [0.5, 0.6) is 0 Å². The third kappa shape index (κ3) is 2.77. The summed E-state index contributed by atoms with van der Waals surface area (Å²) < 4.78 is 32.7. The van der Waals surface area contributed by atoms with Gasteiger partial charge >= 0.3 is 11.9 Å². The largest absolute Gasteiger partial charge is 0.469 e. The van der Waals surface area contributed by atoms with Gasteiger partial charge < -0.3 is 4.74 Å². The van der Waals surface area contributed by atoms with E-state index < -0.39 is 30.0 Å². The molecule has 0 bridgehead atoms. The molecule has 3 nitrogen and oxygen atoms in total. The summed E-state index contributed by atoms with van der Waals surface area (Å²) in [6, 6.07) is 4.68. The maximum absolute atomic E-state index is 13.7. The normalized spacial score (nSPS) is 20.8. The zero-order chi connectivity index (χ0) is 14.2. The standard InChI is InChI=1S/C13H11F2IO3/c1-19-11(17)4-7-6-13(14,15)12(18)9-3-2-8(16)5-10(7)9/h2-3,5,7H,4,6H2,1H3. The van der Waals surface area contributed by atoms with Gasteiger partial charge in [-0.2, -0.15) is 8.78 Å². The second-order valence-corrected chi connectivity index (χ2v) is 5.69. The van der Waals surface area contributed by atoms with Gasteiger partial charge in [-0.05, 0) is 46.4 Å². The zero-order valence-corrected chi connectivity index (χ0v) is 12.2. The van der Waals surface area contributed by atoms with Crippen LogP contribution < -0.4 is 0 Å². The van der Waals surface area contributed by atoms with Gasteiger partial charge in [0.25, 0.3) is 0 Å². The molecular formula is C13H11F2IO3. The minimum absolute atomic E-state index is 0.00516. The summed E-state index contributed by atoms with van der Waals surface area (Å²) in [6.07, 6.45) is -0.791. The fourth-order valence-corrected chi connectivity index (χ4v) is 2.77. The van der Waals surface area contributed by atoms with Crippen LogP contribution in [0.3, 0.4) is 0 Å². The van der Waals surface area contributed by atoms with Crippen molar-refractivity contribution in [1.82, 2.24) is 0 Å². The SMILES string of the molecule is COC(=O)CC1CC(F)(F)C(=O)c2ccc(I)cc21. The second-order valence-electron chi connectivity index (χ2n) is 4.45. The van der Waals surface area contributed by atoms with Crippen molar-refractivity contribution in [3.8, 4) is 0 Å². The topological polar surface area (TPSA) is 43.4 Å². The smallest absolute Gasteiger partial charge is 0.310 e. The van der Waals surface area contributed by atoms with Crippen molar-refractivity contribution >= 4 is 34.3 Å². The average Bonchev–Trinajstić information content (AvgIpc) is 2.35. The van der Waals surface area contributed by atoms with Crippen LogP contribution in [0.15, 0.2) is 18.2 Å². The van der Waals surface area contributed by atoms with Crippen LogP contribution in [0.25, 0.3) is 0 Å². The molecule has 6 heteroatoms. The number of methoxy groups -OCH3 is 1. The number of esters is 1. The van der Waals surface area contributed by atoms with Crippen LogP contribution in [-0.2, 0) is 9.53 Å². The summed E-state index contributed by atoms with van der Waals surface area (Å²) in [6.45, 7) is 0. The third-order valence-electron chi connectivity index (χ3n) is 3.17. The number of ether oxygens (including phenoxy) is 1. The van der Waals surface area contributed by atoms with Crippen LogP contribution in [0, 0.1) is 3.57 Å². The minimum atomic E-state index is -3.42. The van der Waals surface area contributed by atoms with Gasteiger partial charge in [0.1, 0.15) is 0 Å². The summed E-state index contributed by atoms with van der Waals surface area (Å²) in [5.74, 6) is -5.83. The number of benzene rings is 1. The Kier molecular flexibility index (Phi) is 3.89. The van der Waals surface area contributed by atoms with E-state index in [-0.39, 0.29) is 12.0 Å². The monoisotopic (exact) mass is 380 g/mol. The first-order valence-corrected chi connectivity index (χ1v) is 6.72. The summed E-state index contributed by atoms with van der Waals surface area (Å²) in [5, 5.41) is 0. The molecule has 102 valence electrons. The molecule has 1 aromatic carbocycles. The Bertz CT molecular complexity index is 543. The number of hydrogen-bond acceptors (Lipinski definition) is 3. The molecule has 0 aliphatic heterocycles. The molecule has 0 amide bonds. The van der Waals surface area contributed by atoms with Gasteiger partial charge in [-0.3, -0.25) is 9.59 Å². The molecule has 1 aliphatic rings. The lowest BCUT2D eigenvalue weighted by atomic mass is 9.78. The lowest BCUT2D eigenvalue weighted by molar-refractivity contribution is -0.141. The summed E-state index contributed by atoms with van der Waals surface area (Å²) >= 11 is 2.04. The second kappa shape index (κ2) is 5.15. The number of carbonyl (C=O) groups is 2. The van der Waals surface area contributed by atoms with Gasteiger partial charge in [0.2, 0.25) is 5.78 Å². The van der Waals surface area contributed by atoms with Crippen molar-refractivity contribution in [3.63, 3.8) is 0 Å². The van der Waals surface area contributed by atoms with Crippen molar-refractivity contribution in [2.24, 2.45) is 0 Å². The first-order valence-electron chi connectivity index (χ1n) is 5.64. The molecule has 0 saturated carbocycles. The molecule has 1 aliphatic carbocycles. The van der Waals surface area contributed by atoms with Crippen LogP contribution in [0.1, 0.15) is 34.7 Å². The highest BCUT2D eigenvalue weighted by atomic mass is 127. The molecule has 0 aromatic heterocycles. The van der Waals surface area contributed by atoms with E-state index in [9.17, 15) is 18.4 Å². The zero-order valence-electron chi connectivity index (χ0n) is 10.1. The van der Waals surface area contributed by atoms with Gasteiger partial charge in [0, 0.05) is 21.5 Å². The number of alkyl halides is 2. The van der Waals surface area contributed by atoms with Gasteiger partial charge in [-0.25, -0.2) is 0 Å². The van der Waals surface area contributed by atoms with Gasteiger partial charge in [0.05, 0.1) is 13.5 Å². The number of ketones is 1. The molecule has 0 radical (unpaired) electrons. The van der Waals surface area contributed by atoms with Crippen molar-refractivity contribution in [3.05, 3.63) is 32.9 Å². The maximum atomic E-state index is 13.7. The summed E-state index contributed by atoms with van der Waals surface area (Å²) in [4.78, 5) is 23.0. The number of fused-ring (bicyclic) bond motifs is 1. The van der Waals surface area contributed by atoms with Crippen LogP contribution >= 0.6 is 22.6 Å². The fraction of sp³-hybridized carbons (Fsp3) is 0.385. The predicted octanol–water partition coefficient (Wildman–Crippen LogP) is 3.16. The van der Waals surface area contributed by atoms with E-state index in [1.54, 1.807) is 12.1 Å². The predicted molar refractivity (Wildman–Crippen MR) is 72.4 cm³/mol. The van der Waals surface area contributed by atoms with Crippen LogP contribution in [0.4, 0.5) is 8.78 Å². The number of hydrogen-bond donors (Lipinski definition) is 0. The molecule has 1 unspecified atom stereocenters. The highest BCUT2D eigenvalue weighted by molar-refractivity contribution is 14.1. The molecule has 2 rings (SSSR count). The molecule has 0 saturated heterocycles. The Morgan fingerprint density at radius 1 is 1.53 bits per heavy atom. The van der Waals surface area contributed by atoms with E-state index in [0.717, 1.165) is 3.57 Å². The van der Waals surface area contributed by atoms with Crippen molar-refractivity contribution in [2.75, 3.05) is 7.11 Å². The van der Waals surface area contributed by atoms with E-state index in [4.69, 9.17) is 0 Å². The fourth-order valence-electron chi connectivity index (χ4n) is 2.25. The summed E-state index contributed by atoms with van der Waals surface area (Å²) in [5.41, 5.74) is 0.513. The van der Waals surface area contributed by atoms with E-state index in [2.05, 4.69) is 4.74 Å². The first-order chi connectivity index (χ1) is 8.85. The number of halogens is 3. The Labute approximate surface area is 122 Å². The number of rotatable bonds is 2. The van der Waals surface area contributed by atoms with Crippen LogP contribution in [-0.4, -0.2) is 24.8 Å². The van der Waals surface area contributed by atoms with Crippen molar-refractivity contribution in [1.29, 1.82) is 0 Å². The van der Waals surface area contributed by atoms with Gasteiger partial charge in [-0.1, -0.05) is 0 Å². The van der Waals surface area contributed by atoms with Crippen molar-refractivity contribution < 1.29 is 23.1 Å². The Morgan fingerprint density at radius 3 is 2.84 bits per heavy atom. The highest BCUT2D eigenvalue weighted by Gasteiger charge is 2.47. The van der Waals surface area contributed by atoms with E-state index >= 15 is 0 Å². The number of carbonyl (C=O) groups excluding carboxylic acids is 2. The van der Waals surface area contributed by atoms with Gasteiger partial charge in [-0.15, -0.1) is 0 Å². The average molecular weight is 380 g/mol. The van der Waals surface area contributed by atoms with E-state index in [1.807, 2.05) is 22.6 Å². The molecule has 0 heterocycles. The molecule has 0 spiro atoms. The Balaban J connectivity index is 2.46. The lowest BCUT2D eigenvalue weighted by Crippen LogP contribution is -2.37. The molecule has 0 fully saturated rings. The molecule has 1 aromatic rings. The highest BCUT2D eigenvalue weighted by Crippen LogP contribution is 2.42. The minimum Gasteiger partial charge on any atom is -0.469 e. The van der Waals surface area contributed by atoms with E-state index in [1.165, 1.54) is 13.2 Å². The molecule has 0 N–H and O–H groups in total. The third-order valence-corrected chi connectivity index (χ3v) is 3.84.